The van der Waals surface area contributed by atoms with Crippen molar-refractivity contribution in [2.75, 3.05) is 52.4 Å². The smallest absolute Gasteiger partial charge is 0.166 e. The largest absolute Gasteiger partial charge is 0.363 e. The topological polar surface area (TPSA) is 54.6 Å². The average Bonchev–Trinajstić information content (AvgIpc) is 2.88. The van der Waals surface area contributed by atoms with Crippen LogP contribution < -0.4 is 21.3 Å². The molecule has 2 aromatic carbocycles. The van der Waals surface area contributed by atoms with E-state index in [0.29, 0.717) is 0 Å². The van der Waals surface area contributed by atoms with Crippen LogP contribution in [0.5, 0.6) is 0 Å². The molecule has 0 radical (unpaired) electrons. The van der Waals surface area contributed by atoms with E-state index in [-0.39, 0.29) is 0 Å². The lowest BCUT2D eigenvalue weighted by Crippen LogP contribution is -2.47. The lowest BCUT2D eigenvalue weighted by Gasteiger charge is -2.34. The molecular formula is C26H38N6S2. The molecule has 1 fully saturated rings. The molecule has 0 amide bonds. The van der Waals surface area contributed by atoms with Gasteiger partial charge < -0.3 is 31.1 Å². The highest BCUT2D eigenvalue weighted by atomic mass is 32.1. The van der Waals surface area contributed by atoms with Gasteiger partial charge >= 0.3 is 0 Å². The Bertz CT molecular complexity index is 769. The maximum absolute atomic E-state index is 5.38. The van der Waals surface area contributed by atoms with Crippen LogP contribution in [0.4, 0.5) is 0 Å². The van der Waals surface area contributed by atoms with Crippen molar-refractivity contribution in [2.24, 2.45) is 0 Å². The molecule has 34 heavy (non-hydrogen) atoms. The van der Waals surface area contributed by atoms with E-state index in [1.165, 1.54) is 11.1 Å². The van der Waals surface area contributed by atoms with E-state index in [4.69, 9.17) is 24.4 Å². The van der Waals surface area contributed by atoms with E-state index in [0.717, 1.165) is 88.5 Å². The van der Waals surface area contributed by atoms with Crippen molar-refractivity contribution in [1.29, 1.82) is 0 Å². The summed E-state index contributed by atoms with van der Waals surface area (Å²) < 4.78 is 0. The standard InChI is InChI=1S/C26H38N6S2/c33-25(29-21-23-9-3-1-4-10-23)27-13-7-15-31-17-19-32(20-18-31)16-8-14-28-26(34)30-22-24-11-5-2-6-12-24/h1-6,9-12H,7-8,13-22H2,(H2,27,29,33)(H2,28,30,34). The zero-order valence-corrected chi connectivity index (χ0v) is 21.6. The summed E-state index contributed by atoms with van der Waals surface area (Å²) in [5.74, 6) is 0. The molecule has 2 aromatic rings. The molecular weight excluding hydrogens is 460 g/mol. The summed E-state index contributed by atoms with van der Waals surface area (Å²) >= 11 is 10.8. The van der Waals surface area contributed by atoms with Crippen molar-refractivity contribution in [3.63, 3.8) is 0 Å². The predicted molar refractivity (Wildman–Crippen MR) is 150 cm³/mol. The van der Waals surface area contributed by atoms with Crippen molar-refractivity contribution in [2.45, 2.75) is 25.9 Å². The number of benzene rings is 2. The van der Waals surface area contributed by atoms with Crippen molar-refractivity contribution in [3.05, 3.63) is 71.8 Å². The molecule has 1 heterocycles. The third-order valence-electron chi connectivity index (χ3n) is 5.93. The highest BCUT2D eigenvalue weighted by molar-refractivity contribution is 7.80. The summed E-state index contributed by atoms with van der Waals surface area (Å²) in [6.45, 7) is 10.1. The Morgan fingerprint density at radius 1 is 0.588 bits per heavy atom. The van der Waals surface area contributed by atoms with Gasteiger partial charge in [0.1, 0.15) is 0 Å². The summed E-state index contributed by atoms with van der Waals surface area (Å²) in [6, 6.07) is 20.7. The highest BCUT2D eigenvalue weighted by Gasteiger charge is 2.15. The molecule has 1 aliphatic heterocycles. The van der Waals surface area contributed by atoms with Gasteiger partial charge in [0.05, 0.1) is 0 Å². The molecule has 4 N–H and O–H groups in total. The van der Waals surface area contributed by atoms with Crippen LogP contribution in [0.25, 0.3) is 0 Å². The molecule has 0 unspecified atom stereocenters. The van der Waals surface area contributed by atoms with E-state index in [2.05, 4.69) is 55.3 Å². The summed E-state index contributed by atoms with van der Waals surface area (Å²) in [7, 11) is 0. The minimum atomic E-state index is 0.733. The van der Waals surface area contributed by atoms with E-state index in [1.54, 1.807) is 0 Å². The second kappa shape index (κ2) is 15.6. The first kappa shape index (κ1) is 26.3. The van der Waals surface area contributed by atoms with E-state index in [9.17, 15) is 0 Å². The normalized spacial score (nSPS) is 14.4. The van der Waals surface area contributed by atoms with Crippen LogP contribution in [-0.2, 0) is 13.1 Å². The molecule has 6 nitrogen and oxygen atoms in total. The molecule has 8 heteroatoms. The lowest BCUT2D eigenvalue weighted by molar-refractivity contribution is 0.131. The van der Waals surface area contributed by atoms with Crippen LogP contribution in [0.15, 0.2) is 60.7 Å². The highest BCUT2D eigenvalue weighted by Crippen LogP contribution is 2.03. The van der Waals surface area contributed by atoms with Crippen LogP contribution >= 0.6 is 24.4 Å². The van der Waals surface area contributed by atoms with E-state index >= 15 is 0 Å². The molecule has 0 atom stereocenters. The van der Waals surface area contributed by atoms with Gasteiger partial charge in [-0.05, 0) is 61.5 Å². The molecule has 3 rings (SSSR count). The Labute approximate surface area is 215 Å². The van der Waals surface area contributed by atoms with Gasteiger partial charge in [0.2, 0.25) is 0 Å². The summed E-state index contributed by atoms with van der Waals surface area (Å²) in [4.78, 5) is 5.11. The van der Waals surface area contributed by atoms with Gasteiger partial charge in [-0.3, -0.25) is 0 Å². The number of nitrogens with one attached hydrogen (secondary N) is 4. The quantitative estimate of drug-likeness (QED) is 0.263. The second-order valence-electron chi connectivity index (χ2n) is 8.58. The SMILES string of the molecule is S=C(NCCCN1CCN(CCCNC(=S)NCc2ccccc2)CC1)NCc1ccccc1. The van der Waals surface area contributed by atoms with Gasteiger partial charge in [-0.2, -0.15) is 0 Å². The van der Waals surface area contributed by atoms with Crippen LogP contribution in [0.2, 0.25) is 0 Å². The van der Waals surface area contributed by atoms with E-state index < -0.39 is 0 Å². The number of nitrogens with zero attached hydrogens (tertiary/aromatic N) is 2. The number of hydrogen-bond donors (Lipinski definition) is 4. The van der Waals surface area contributed by atoms with Gasteiger partial charge in [0.15, 0.2) is 10.2 Å². The van der Waals surface area contributed by atoms with Gasteiger partial charge in [0.25, 0.3) is 0 Å². The lowest BCUT2D eigenvalue weighted by atomic mass is 10.2. The molecule has 0 aliphatic carbocycles. The first-order valence-electron chi connectivity index (χ1n) is 12.2. The fraction of sp³-hybridized carbons (Fsp3) is 0.462. The number of hydrogen-bond acceptors (Lipinski definition) is 4. The van der Waals surface area contributed by atoms with Crippen molar-refractivity contribution in [3.8, 4) is 0 Å². The Balaban J connectivity index is 1.14. The molecule has 1 saturated heterocycles. The summed E-state index contributed by atoms with van der Waals surface area (Å²) in [5.41, 5.74) is 2.48. The number of thiocarbonyl (C=S) groups is 2. The zero-order chi connectivity index (χ0) is 23.8. The third kappa shape index (κ3) is 10.8. The maximum atomic E-state index is 5.38. The van der Waals surface area contributed by atoms with Crippen molar-refractivity contribution < 1.29 is 0 Å². The third-order valence-corrected chi connectivity index (χ3v) is 6.51. The monoisotopic (exact) mass is 498 g/mol. The van der Waals surface area contributed by atoms with Gasteiger partial charge in [-0.1, -0.05) is 60.7 Å². The maximum Gasteiger partial charge on any atom is 0.166 e. The minimum Gasteiger partial charge on any atom is -0.363 e. The molecule has 1 aliphatic rings. The Kier molecular flexibility index (Phi) is 12.1. The van der Waals surface area contributed by atoms with Crippen molar-refractivity contribution in [1.82, 2.24) is 31.1 Å². The molecule has 0 spiro atoms. The number of piperazine rings is 1. The Morgan fingerprint density at radius 2 is 0.971 bits per heavy atom. The Hall–Kier alpha value is -2.26. The first-order chi connectivity index (χ1) is 16.7. The van der Waals surface area contributed by atoms with Gasteiger partial charge in [0, 0.05) is 52.4 Å². The Morgan fingerprint density at radius 3 is 1.35 bits per heavy atom. The average molecular weight is 499 g/mol. The van der Waals surface area contributed by atoms with E-state index in [1.807, 2.05) is 36.4 Å². The van der Waals surface area contributed by atoms with Crippen LogP contribution in [0.3, 0.4) is 0 Å². The fourth-order valence-corrected chi connectivity index (χ4v) is 4.28. The molecule has 184 valence electrons. The summed E-state index contributed by atoms with van der Waals surface area (Å²) in [6.07, 6.45) is 2.20. The molecule has 0 bridgehead atoms. The fourth-order valence-electron chi connectivity index (χ4n) is 3.93. The minimum absolute atomic E-state index is 0.733. The van der Waals surface area contributed by atoms with Gasteiger partial charge in [-0.15, -0.1) is 0 Å². The van der Waals surface area contributed by atoms with Crippen molar-refractivity contribution >= 4 is 34.7 Å². The predicted octanol–water partition coefficient (Wildman–Crippen LogP) is 2.71. The van der Waals surface area contributed by atoms with Crippen LogP contribution in [0.1, 0.15) is 24.0 Å². The van der Waals surface area contributed by atoms with Gasteiger partial charge in [-0.25, -0.2) is 0 Å². The van der Waals surface area contributed by atoms with Crippen LogP contribution in [0, 0.1) is 0 Å². The zero-order valence-electron chi connectivity index (χ0n) is 20.0. The first-order valence-corrected chi connectivity index (χ1v) is 13.1. The summed E-state index contributed by atoms with van der Waals surface area (Å²) in [5, 5.41) is 14.7. The van der Waals surface area contributed by atoms with Crippen LogP contribution in [-0.4, -0.2) is 72.4 Å². The molecule has 0 saturated carbocycles. The molecule has 0 aromatic heterocycles. The second-order valence-corrected chi connectivity index (χ2v) is 9.40. The number of rotatable bonds is 12.